The zero-order chi connectivity index (χ0) is 13.8. The molecule has 0 atom stereocenters. The van der Waals surface area contributed by atoms with Crippen LogP contribution in [-0.4, -0.2) is 5.78 Å². The number of hydrogen-bond donors (Lipinski definition) is 0. The maximum Gasteiger partial charge on any atom is 0.193 e. The van der Waals surface area contributed by atoms with Crippen LogP contribution in [0.5, 0.6) is 0 Å². The lowest BCUT2D eigenvalue weighted by molar-refractivity contribution is 0.103. The molecule has 0 fully saturated rings. The number of rotatable bonds is 4. The molecule has 0 radical (unpaired) electrons. The Bertz CT molecular complexity index is 596. The lowest BCUT2D eigenvalue weighted by atomic mass is 9.92. The van der Waals surface area contributed by atoms with E-state index in [1.54, 1.807) is 0 Å². The fraction of sp³-hybridized carbons (Fsp3) is 0.278. The van der Waals surface area contributed by atoms with E-state index in [-0.39, 0.29) is 5.78 Å². The number of hydrogen-bond acceptors (Lipinski definition) is 1. The first-order valence-corrected chi connectivity index (χ1v) is 6.89. The molecular weight excluding hydrogens is 232 g/mol. The van der Waals surface area contributed by atoms with Crippen LogP contribution in [0.4, 0.5) is 0 Å². The fourth-order valence-electron chi connectivity index (χ4n) is 2.34. The smallest absolute Gasteiger partial charge is 0.193 e. The quantitative estimate of drug-likeness (QED) is 0.739. The second-order valence-corrected chi connectivity index (χ2v) is 4.84. The Labute approximate surface area is 115 Å². The number of benzene rings is 2. The molecular formula is C18H20O. The monoisotopic (exact) mass is 252 g/mol. The molecule has 0 aromatic heterocycles. The van der Waals surface area contributed by atoms with Crippen molar-refractivity contribution in [3.05, 3.63) is 70.3 Å². The fourth-order valence-corrected chi connectivity index (χ4v) is 2.34. The lowest BCUT2D eigenvalue weighted by Crippen LogP contribution is -2.07. The first-order chi connectivity index (χ1) is 9.17. The summed E-state index contributed by atoms with van der Waals surface area (Å²) in [6.45, 7) is 6.20. The lowest BCUT2D eigenvalue weighted by Gasteiger charge is -2.10. The van der Waals surface area contributed by atoms with Crippen molar-refractivity contribution in [2.75, 3.05) is 0 Å². The van der Waals surface area contributed by atoms with Crippen LogP contribution >= 0.6 is 0 Å². The summed E-state index contributed by atoms with van der Waals surface area (Å²) >= 11 is 0. The predicted molar refractivity (Wildman–Crippen MR) is 79.8 cm³/mol. The second kappa shape index (κ2) is 5.83. The van der Waals surface area contributed by atoms with Crippen molar-refractivity contribution in [3.8, 4) is 0 Å². The Morgan fingerprint density at radius 2 is 1.68 bits per heavy atom. The van der Waals surface area contributed by atoms with Crippen LogP contribution < -0.4 is 0 Å². The molecule has 0 aliphatic carbocycles. The molecule has 19 heavy (non-hydrogen) atoms. The van der Waals surface area contributed by atoms with Crippen LogP contribution in [-0.2, 0) is 12.8 Å². The van der Waals surface area contributed by atoms with Gasteiger partial charge in [0.2, 0.25) is 0 Å². The van der Waals surface area contributed by atoms with Gasteiger partial charge in [-0.05, 0) is 42.5 Å². The summed E-state index contributed by atoms with van der Waals surface area (Å²) in [5, 5.41) is 0. The Kier molecular flexibility index (Phi) is 4.16. The third kappa shape index (κ3) is 2.76. The van der Waals surface area contributed by atoms with Crippen LogP contribution in [0.1, 0.15) is 46.5 Å². The van der Waals surface area contributed by atoms with Gasteiger partial charge in [-0.25, -0.2) is 0 Å². The number of carbonyl (C=O) groups is 1. The van der Waals surface area contributed by atoms with Crippen molar-refractivity contribution in [2.24, 2.45) is 0 Å². The minimum Gasteiger partial charge on any atom is -0.289 e. The van der Waals surface area contributed by atoms with Crippen LogP contribution in [0, 0.1) is 6.92 Å². The molecule has 0 unspecified atom stereocenters. The number of carbonyl (C=O) groups excluding carboxylic acids is 1. The molecule has 0 bridgehead atoms. The molecule has 0 aliphatic rings. The summed E-state index contributed by atoms with van der Waals surface area (Å²) in [5.41, 5.74) is 5.05. The summed E-state index contributed by atoms with van der Waals surface area (Å²) < 4.78 is 0. The molecule has 0 spiro atoms. The first kappa shape index (κ1) is 13.5. The Hall–Kier alpha value is -1.89. The van der Waals surface area contributed by atoms with Crippen molar-refractivity contribution >= 4 is 5.78 Å². The van der Waals surface area contributed by atoms with Gasteiger partial charge in [-0.15, -0.1) is 0 Å². The van der Waals surface area contributed by atoms with Crippen LogP contribution in [0.3, 0.4) is 0 Å². The van der Waals surface area contributed by atoms with E-state index in [0.717, 1.165) is 35.1 Å². The average molecular weight is 252 g/mol. The van der Waals surface area contributed by atoms with Crippen molar-refractivity contribution in [1.29, 1.82) is 0 Å². The molecule has 0 saturated heterocycles. The van der Waals surface area contributed by atoms with Crippen molar-refractivity contribution in [1.82, 2.24) is 0 Å². The third-order valence-electron chi connectivity index (χ3n) is 3.60. The van der Waals surface area contributed by atoms with E-state index < -0.39 is 0 Å². The molecule has 0 N–H and O–H groups in total. The Morgan fingerprint density at radius 3 is 2.32 bits per heavy atom. The molecule has 0 heterocycles. The van der Waals surface area contributed by atoms with E-state index in [0.29, 0.717) is 0 Å². The molecule has 2 aromatic rings. The van der Waals surface area contributed by atoms with Gasteiger partial charge in [-0.3, -0.25) is 4.79 Å². The van der Waals surface area contributed by atoms with Crippen molar-refractivity contribution in [3.63, 3.8) is 0 Å². The normalized spacial score (nSPS) is 10.5. The molecule has 1 heteroatoms. The maximum absolute atomic E-state index is 12.7. The van der Waals surface area contributed by atoms with Gasteiger partial charge in [0.1, 0.15) is 0 Å². The average Bonchev–Trinajstić information content (AvgIpc) is 2.46. The van der Waals surface area contributed by atoms with Gasteiger partial charge in [0, 0.05) is 11.1 Å². The Morgan fingerprint density at radius 1 is 0.947 bits per heavy atom. The van der Waals surface area contributed by atoms with Crippen molar-refractivity contribution < 1.29 is 4.79 Å². The summed E-state index contributed by atoms with van der Waals surface area (Å²) in [7, 11) is 0. The summed E-state index contributed by atoms with van der Waals surface area (Å²) in [5.74, 6) is 0.144. The van der Waals surface area contributed by atoms with E-state index in [4.69, 9.17) is 0 Å². The van der Waals surface area contributed by atoms with Gasteiger partial charge in [0.15, 0.2) is 5.78 Å². The van der Waals surface area contributed by atoms with E-state index >= 15 is 0 Å². The zero-order valence-corrected chi connectivity index (χ0v) is 11.9. The van der Waals surface area contributed by atoms with Crippen molar-refractivity contribution in [2.45, 2.75) is 33.6 Å². The first-order valence-electron chi connectivity index (χ1n) is 6.89. The highest BCUT2D eigenvalue weighted by Crippen LogP contribution is 2.19. The highest BCUT2D eigenvalue weighted by molar-refractivity contribution is 6.10. The zero-order valence-electron chi connectivity index (χ0n) is 11.9. The van der Waals surface area contributed by atoms with Crippen LogP contribution in [0.25, 0.3) is 0 Å². The highest BCUT2D eigenvalue weighted by atomic mass is 16.1. The molecule has 98 valence electrons. The summed E-state index contributed by atoms with van der Waals surface area (Å²) in [4.78, 5) is 12.7. The molecule has 0 aliphatic heterocycles. The van der Waals surface area contributed by atoms with Crippen LogP contribution in [0.2, 0.25) is 0 Å². The maximum atomic E-state index is 12.7. The predicted octanol–water partition coefficient (Wildman–Crippen LogP) is 4.35. The van der Waals surface area contributed by atoms with Gasteiger partial charge in [0.25, 0.3) is 0 Å². The summed E-state index contributed by atoms with van der Waals surface area (Å²) in [6.07, 6.45) is 1.84. The van der Waals surface area contributed by atoms with Gasteiger partial charge < -0.3 is 0 Å². The largest absolute Gasteiger partial charge is 0.289 e. The van der Waals surface area contributed by atoms with Gasteiger partial charge in [0.05, 0.1) is 0 Å². The highest BCUT2D eigenvalue weighted by Gasteiger charge is 2.14. The second-order valence-electron chi connectivity index (χ2n) is 4.84. The standard InChI is InChI=1S/C18H20O/c1-4-14-10-11-15(5-2)17(12-14)18(19)16-9-7-6-8-13(16)3/h6-12H,4-5H2,1-3H3. The number of aryl methyl sites for hydroxylation is 3. The summed E-state index contributed by atoms with van der Waals surface area (Å²) in [6, 6.07) is 14.1. The minimum atomic E-state index is 0.144. The molecule has 1 nitrogen and oxygen atoms in total. The number of ketones is 1. The van der Waals surface area contributed by atoms with E-state index in [2.05, 4.69) is 26.0 Å². The van der Waals surface area contributed by atoms with Crippen LogP contribution in [0.15, 0.2) is 42.5 Å². The topological polar surface area (TPSA) is 17.1 Å². The Balaban J connectivity index is 2.51. The molecule has 2 rings (SSSR count). The van der Waals surface area contributed by atoms with E-state index in [1.165, 1.54) is 5.56 Å². The van der Waals surface area contributed by atoms with E-state index in [9.17, 15) is 4.79 Å². The van der Waals surface area contributed by atoms with Gasteiger partial charge in [-0.1, -0.05) is 50.2 Å². The third-order valence-corrected chi connectivity index (χ3v) is 3.60. The van der Waals surface area contributed by atoms with E-state index in [1.807, 2.05) is 37.3 Å². The molecule has 2 aromatic carbocycles. The van der Waals surface area contributed by atoms with Gasteiger partial charge >= 0.3 is 0 Å². The van der Waals surface area contributed by atoms with Gasteiger partial charge in [-0.2, -0.15) is 0 Å². The minimum absolute atomic E-state index is 0.144. The SMILES string of the molecule is CCc1ccc(CC)c(C(=O)c2ccccc2C)c1. The molecule has 0 saturated carbocycles. The molecule has 0 amide bonds.